The van der Waals surface area contributed by atoms with Gasteiger partial charge in [-0.2, -0.15) is 0 Å². The Balaban J connectivity index is 1.37. The van der Waals surface area contributed by atoms with E-state index in [0.29, 0.717) is 18.9 Å². The molecule has 1 atom stereocenters. The monoisotopic (exact) mass is 478 g/mol. The minimum atomic E-state index is -1.02. The predicted molar refractivity (Wildman–Crippen MR) is 133 cm³/mol. The molecule has 2 aliphatic rings. The smallest absolute Gasteiger partial charge is 0.407 e. The molecule has 7 nitrogen and oxygen atoms in total. The van der Waals surface area contributed by atoms with Crippen LogP contribution in [0.4, 0.5) is 4.79 Å². The van der Waals surface area contributed by atoms with Crippen LogP contribution in [-0.2, 0) is 14.3 Å². The number of nitrogens with zero attached hydrogens (tertiary/aromatic N) is 1. The number of carboxylic acid groups (broad SMARTS) is 1. The molecule has 0 spiro atoms. The standard InChI is InChI=1S/C28H34N2O5/c1-2-3-8-20(15-26(31)30(17-27(32)33)16-19-13-14-19)29-28(34)35-18-25-23-11-6-4-9-21(23)22-10-5-7-12-24(22)25/h4-7,9-12,19-20,25H,2-3,8,13-18H2,1H3,(H,29,34)(H,32,33)/t20-/m1/s1. The van der Waals surface area contributed by atoms with Crippen LogP contribution in [0.3, 0.4) is 0 Å². The Labute approximate surface area is 206 Å². The molecular weight excluding hydrogens is 444 g/mol. The molecule has 186 valence electrons. The van der Waals surface area contributed by atoms with Gasteiger partial charge in [-0.05, 0) is 47.4 Å². The summed E-state index contributed by atoms with van der Waals surface area (Å²) in [5, 5.41) is 12.1. The van der Waals surface area contributed by atoms with Crippen molar-refractivity contribution in [2.24, 2.45) is 5.92 Å². The van der Waals surface area contributed by atoms with E-state index in [2.05, 4.69) is 36.5 Å². The maximum atomic E-state index is 12.9. The third-order valence-electron chi connectivity index (χ3n) is 6.85. The average Bonchev–Trinajstić information content (AvgIpc) is 3.61. The topological polar surface area (TPSA) is 95.9 Å². The molecule has 2 N–H and O–H groups in total. The number of nitrogens with one attached hydrogen (secondary N) is 1. The van der Waals surface area contributed by atoms with Crippen LogP contribution in [0.5, 0.6) is 0 Å². The highest BCUT2D eigenvalue weighted by molar-refractivity contribution is 5.82. The number of alkyl carbamates (subject to hydrolysis) is 1. The van der Waals surface area contributed by atoms with Gasteiger partial charge in [0.1, 0.15) is 13.2 Å². The van der Waals surface area contributed by atoms with E-state index >= 15 is 0 Å². The second-order valence-corrected chi connectivity index (χ2v) is 9.62. The number of carbonyl (C=O) groups excluding carboxylic acids is 2. The zero-order chi connectivity index (χ0) is 24.8. The molecule has 0 bridgehead atoms. The summed E-state index contributed by atoms with van der Waals surface area (Å²) >= 11 is 0. The van der Waals surface area contributed by atoms with Crippen LogP contribution in [0.1, 0.15) is 62.5 Å². The van der Waals surface area contributed by atoms with Crippen molar-refractivity contribution in [3.05, 3.63) is 59.7 Å². The van der Waals surface area contributed by atoms with Crippen molar-refractivity contribution in [3.63, 3.8) is 0 Å². The van der Waals surface area contributed by atoms with E-state index in [9.17, 15) is 19.5 Å². The van der Waals surface area contributed by atoms with Gasteiger partial charge in [0.05, 0.1) is 0 Å². The van der Waals surface area contributed by atoms with Gasteiger partial charge in [-0.1, -0.05) is 68.3 Å². The maximum absolute atomic E-state index is 12.9. The molecule has 2 amide bonds. The van der Waals surface area contributed by atoms with Crippen LogP contribution in [0.2, 0.25) is 0 Å². The number of hydrogen-bond acceptors (Lipinski definition) is 4. The summed E-state index contributed by atoms with van der Waals surface area (Å²) in [6.07, 6.45) is 4.00. The van der Waals surface area contributed by atoms with Crippen LogP contribution >= 0.6 is 0 Å². The number of amides is 2. The van der Waals surface area contributed by atoms with Gasteiger partial charge in [-0.15, -0.1) is 0 Å². The lowest BCUT2D eigenvalue weighted by molar-refractivity contribution is -0.144. The first-order chi connectivity index (χ1) is 17.0. The molecule has 0 saturated heterocycles. The van der Waals surface area contributed by atoms with E-state index in [1.54, 1.807) is 0 Å². The second kappa shape index (κ2) is 11.4. The zero-order valence-electron chi connectivity index (χ0n) is 20.2. The van der Waals surface area contributed by atoms with Gasteiger partial charge in [-0.25, -0.2) is 4.79 Å². The molecule has 0 heterocycles. The highest BCUT2D eigenvalue weighted by atomic mass is 16.5. The van der Waals surface area contributed by atoms with Crippen molar-refractivity contribution < 1.29 is 24.2 Å². The maximum Gasteiger partial charge on any atom is 0.407 e. The lowest BCUT2D eigenvalue weighted by Gasteiger charge is -2.24. The summed E-state index contributed by atoms with van der Waals surface area (Å²) in [5.74, 6) is -0.899. The molecular formula is C28H34N2O5. The van der Waals surface area contributed by atoms with E-state index < -0.39 is 18.1 Å². The molecule has 0 unspecified atom stereocenters. The van der Waals surface area contributed by atoms with E-state index in [4.69, 9.17) is 4.74 Å². The number of hydrogen-bond donors (Lipinski definition) is 2. The minimum absolute atomic E-state index is 0.0338. The first kappa shape index (κ1) is 24.8. The Morgan fingerprint density at radius 3 is 2.26 bits per heavy atom. The Kier molecular flexibility index (Phi) is 8.06. The Morgan fingerprint density at radius 1 is 1.06 bits per heavy atom. The number of unbranched alkanes of at least 4 members (excludes halogenated alkanes) is 1. The Hall–Kier alpha value is -3.35. The van der Waals surface area contributed by atoms with Crippen LogP contribution in [-0.4, -0.2) is 53.7 Å². The lowest BCUT2D eigenvalue weighted by atomic mass is 9.98. The van der Waals surface area contributed by atoms with Crippen molar-refractivity contribution in [3.8, 4) is 11.1 Å². The summed E-state index contributed by atoms with van der Waals surface area (Å²) in [5.41, 5.74) is 4.61. The fourth-order valence-corrected chi connectivity index (χ4v) is 4.85. The van der Waals surface area contributed by atoms with Crippen molar-refractivity contribution in [1.82, 2.24) is 10.2 Å². The van der Waals surface area contributed by atoms with Crippen molar-refractivity contribution in [2.75, 3.05) is 19.7 Å². The molecule has 35 heavy (non-hydrogen) atoms. The Morgan fingerprint density at radius 2 is 1.69 bits per heavy atom. The summed E-state index contributed by atoms with van der Waals surface area (Å²) in [4.78, 5) is 38.3. The van der Waals surface area contributed by atoms with E-state index in [1.807, 2.05) is 24.3 Å². The number of fused-ring (bicyclic) bond motifs is 3. The summed E-state index contributed by atoms with van der Waals surface area (Å²) in [6, 6.07) is 15.9. The molecule has 7 heteroatoms. The molecule has 2 aromatic rings. The van der Waals surface area contributed by atoms with E-state index in [1.165, 1.54) is 4.90 Å². The number of rotatable bonds is 12. The number of aliphatic carboxylic acids is 1. The molecule has 2 aliphatic carbocycles. The summed E-state index contributed by atoms with van der Waals surface area (Å²) in [6.45, 7) is 2.43. The third-order valence-corrected chi connectivity index (χ3v) is 6.85. The molecule has 2 aromatic carbocycles. The van der Waals surface area contributed by atoms with Gasteiger partial charge in [-0.3, -0.25) is 9.59 Å². The molecule has 4 rings (SSSR count). The molecule has 0 aliphatic heterocycles. The molecule has 0 aromatic heterocycles. The van der Waals surface area contributed by atoms with Gasteiger partial charge in [0.15, 0.2) is 0 Å². The van der Waals surface area contributed by atoms with Gasteiger partial charge < -0.3 is 20.1 Å². The van der Waals surface area contributed by atoms with Gasteiger partial charge in [0.2, 0.25) is 5.91 Å². The highest BCUT2D eigenvalue weighted by Gasteiger charge is 2.31. The van der Waals surface area contributed by atoms with E-state index in [-0.39, 0.29) is 31.4 Å². The van der Waals surface area contributed by atoms with Crippen molar-refractivity contribution in [1.29, 1.82) is 0 Å². The number of benzene rings is 2. The fraction of sp³-hybridized carbons (Fsp3) is 0.464. The SMILES string of the molecule is CCCC[C@H](CC(=O)N(CC(=O)O)CC1CC1)NC(=O)OCC1c2ccccc2-c2ccccc21. The van der Waals surface area contributed by atoms with Crippen LogP contribution in [0.25, 0.3) is 11.1 Å². The summed E-state index contributed by atoms with van der Waals surface area (Å²) < 4.78 is 5.66. The normalized spacial score (nSPS) is 15.1. The molecule has 0 radical (unpaired) electrons. The van der Waals surface area contributed by atoms with E-state index in [0.717, 1.165) is 47.9 Å². The van der Waals surface area contributed by atoms with Gasteiger partial charge >= 0.3 is 12.1 Å². The van der Waals surface area contributed by atoms with Gasteiger partial charge in [0, 0.05) is 24.9 Å². The van der Waals surface area contributed by atoms with Crippen LogP contribution < -0.4 is 5.32 Å². The third kappa shape index (κ3) is 6.41. The first-order valence-corrected chi connectivity index (χ1v) is 12.6. The quantitative estimate of drug-likeness (QED) is 0.457. The van der Waals surface area contributed by atoms with Gasteiger partial charge in [0.25, 0.3) is 0 Å². The lowest BCUT2D eigenvalue weighted by Crippen LogP contribution is -2.43. The number of carboxylic acids is 1. The largest absolute Gasteiger partial charge is 0.480 e. The molecule has 1 saturated carbocycles. The Bertz CT molecular complexity index is 1020. The zero-order valence-corrected chi connectivity index (χ0v) is 20.2. The minimum Gasteiger partial charge on any atom is -0.480 e. The van der Waals surface area contributed by atoms with Crippen molar-refractivity contribution >= 4 is 18.0 Å². The highest BCUT2D eigenvalue weighted by Crippen LogP contribution is 2.44. The average molecular weight is 479 g/mol. The second-order valence-electron chi connectivity index (χ2n) is 9.62. The fourth-order valence-electron chi connectivity index (χ4n) is 4.85. The van der Waals surface area contributed by atoms with Crippen LogP contribution in [0.15, 0.2) is 48.5 Å². The van der Waals surface area contributed by atoms with Crippen molar-refractivity contribution in [2.45, 2.75) is 57.4 Å². The number of carbonyl (C=O) groups is 3. The molecule has 1 fully saturated rings. The first-order valence-electron chi connectivity index (χ1n) is 12.6. The van der Waals surface area contributed by atoms with Crippen LogP contribution in [0, 0.1) is 5.92 Å². The summed E-state index contributed by atoms with van der Waals surface area (Å²) in [7, 11) is 0. The predicted octanol–water partition coefficient (Wildman–Crippen LogP) is 4.80. The number of ether oxygens (including phenoxy) is 1.